The minimum atomic E-state index is -1.39. The van der Waals surface area contributed by atoms with E-state index in [-0.39, 0.29) is 11.4 Å². The van der Waals surface area contributed by atoms with Crippen molar-refractivity contribution in [3.63, 3.8) is 0 Å². The van der Waals surface area contributed by atoms with Gasteiger partial charge in [0.2, 0.25) is 0 Å². The van der Waals surface area contributed by atoms with Crippen LogP contribution in [0.4, 0.5) is 10.1 Å². The third-order valence-corrected chi connectivity index (χ3v) is 4.34. The van der Waals surface area contributed by atoms with Gasteiger partial charge in [0, 0.05) is 5.56 Å². The van der Waals surface area contributed by atoms with Crippen LogP contribution in [0.2, 0.25) is 5.02 Å². The van der Waals surface area contributed by atoms with Gasteiger partial charge >= 0.3 is 0 Å². The second kappa shape index (κ2) is 5.50. The Hall–Kier alpha value is -1.39. The van der Waals surface area contributed by atoms with Crippen LogP contribution in [0.1, 0.15) is 5.56 Å². The lowest BCUT2D eigenvalue weighted by Gasteiger charge is -2.06. The number of benzene rings is 2. The van der Waals surface area contributed by atoms with E-state index >= 15 is 0 Å². The molecule has 0 saturated carbocycles. The number of rotatable bonds is 3. The standard InChI is InChI=1S/C13H11ClFNOS/c14-10-5-1-2-7-12(10)18(17)8-9-4-3-6-11(16)13(9)15/h1-7H,8,16H2. The molecule has 0 spiro atoms. The first kappa shape index (κ1) is 13.1. The van der Waals surface area contributed by atoms with E-state index in [9.17, 15) is 8.60 Å². The van der Waals surface area contributed by atoms with E-state index < -0.39 is 16.6 Å². The summed E-state index contributed by atoms with van der Waals surface area (Å²) >= 11 is 5.94. The summed E-state index contributed by atoms with van der Waals surface area (Å²) in [5, 5.41) is 0.417. The molecule has 0 aliphatic rings. The van der Waals surface area contributed by atoms with Crippen LogP contribution in [0.15, 0.2) is 47.4 Å². The van der Waals surface area contributed by atoms with Crippen molar-refractivity contribution in [3.8, 4) is 0 Å². The van der Waals surface area contributed by atoms with Gasteiger partial charge in [-0.25, -0.2) is 4.39 Å². The summed E-state index contributed by atoms with van der Waals surface area (Å²) < 4.78 is 25.8. The lowest BCUT2D eigenvalue weighted by atomic mass is 10.2. The third kappa shape index (κ3) is 2.71. The Morgan fingerprint density at radius 1 is 1.17 bits per heavy atom. The second-order valence-electron chi connectivity index (χ2n) is 3.74. The molecule has 2 N–H and O–H groups in total. The Balaban J connectivity index is 2.27. The van der Waals surface area contributed by atoms with Gasteiger partial charge in [0.25, 0.3) is 0 Å². The fraction of sp³-hybridized carbons (Fsp3) is 0.0769. The van der Waals surface area contributed by atoms with Crippen LogP contribution in [-0.4, -0.2) is 4.21 Å². The highest BCUT2D eigenvalue weighted by Crippen LogP contribution is 2.23. The van der Waals surface area contributed by atoms with Crippen molar-refractivity contribution >= 4 is 28.1 Å². The van der Waals surface area contributed by atoms with E-state index in [4.69, 9.17) is 17.3 Å². The van der Waals surface area contributed by atoms with Crippen LogP contribution < -0.4 is 5.73 Å². The highest BCUT2D eigenvalue weighted by atomic mass is 35.5. The van der Waals surface area contributed by atoms with Crippen molar-refractivity contribution in [3.05, 3.63) is 58.9 Å². The van der Waals surface area contributed by atoms with Gasteiger partial charge in [-0.15, -0.1) is 0 Å². The zero-order valence-corrected chi connectivity index (χ0v) is 11.0. The van der Waals surface area contributed by atoms with Crippen LogP contribution in [0.3, 0.4) is 0 Å². The average Bonchev–Trinajstić information content (AvgIpc) is 2.35. The molecule has 0 saturated heterocycles. The number of hydrogen-bond donors (Lipinski definition) is 1. The Labute approximate surface area is 112 Å². The molecule has 1 atom stereocenters. The molecule has 2 aromatic rings. The number of hydrogen-bond acceptors (Lipinski definition) is 2. The van der Waals surface area contributed by atoms with Crippen LogP contribution in [0.5, 0.6) is 0 Å². The van der Waals surface area contributed by atoms with Gasteiger partial charge in [0.15, 0.2) is 0 Å². The lowest BCUT2D eigenvalue weighted by Crippen LogP contribution is -2.02. The van der Waals surface area contributed by atoms with Crippen molar-refractivity contribution in [1.82, 2.24) is 0 Å². The smallest absolute Gasteiger partial charge is 0.150 e. The van der Waals surface area contributed by atoms with Gasteiger partial charge in [-0.2, -0.15) is 0 Å². The number of nitrogens with two attached hydrogens (primary N) is 1. The summed E-state index contributed by atoms with van der Waals surface area (Å²) in [5.74, 6) is -0.460. The number of anilines is 1. The molecule has 0 radical (unpaired) electrons. The SMILES string of the molecule is Nc1cccc(CS(=O)c2ccccc2Cl)c1F. The largest absolute Gasteiger partial charge is 0.396 e. The Kier molecular flexibility index (Phi) is 3.99. The summed E-state index contributed by atoms with van der Waals surface area (Å²) in [5.41, 5.74) is 5.85. The van der Waals surface area contributed by atoms with Crippen LogP contribution in [-0.2, 0) is 16.6 Å². The molecule has 94 valence electrons. The zero-order valence-electron chi connectivity index (χ0n) is 9.40. The second-order valence-corrected chi connectivity index (χ2v) is 5.57. The topological polar surface area (TPSA) is 43.1 Å². The molecule has 0 aliphatic carbocycles. The Morgan fingerprint density at radius 2 is 1.89 bits per heavy atom. The van der Waals surface area contributed by atoms with Crippen molar-refractivity contribution in [2.45, 2.75) is 10.6 Å². The highest BCUT2D eigenvalue weighted by Gasteiger charge is 2.12. The van der Waals surface area contributed by atoms with E-state index in [1.807, 2.05) is 0 Å². The third-order valence-electron chi connectivity index (χ3n) is 2.48. The summed E-state index contributed by atoms with van der Waals surface area (Å²) in [4.78, 5) is 0.501. The normalized spacial score (nSPS) is 12.3. The van der Waals surface area contributed by atoms with E-state index in [0.29, 0.717) is 15.5 Å². The summed E-state index contributed by atoms with van der Waals surface area (Å²) in [7, 11) is -1.39. The highest BCUT2D eigenvalue weighted by molar-refractivity contribution is 7.84. The fourth-order valence-corrected chi connectivity index (χ4v) is 3.13. The van der Waals surface area contributed by atoms with Gasteiger partial charge in [-0.3, -0.25) is 4.21 Å². The molecule has 2 aromatic carbocycles. The number of halogens is 2. The van der Waals surface area contributed by atoms with E-state index in [1.165, 1.54) is 6.07 Å². The number of nitrogen functional groups attached to an aromatic ring is 1. The van der Waals surface area contributed by atoms with E-state index in [0.717, 1.165) is 0 Å². The minimum absolute atomic E-state index is 0.0562. The van der Waals surface area contributed by atoms with Crippen LogP contribution in [0, 0.1) is 5.82 Å². The molecule has 5 heteroatoms. The van der Waals surface area contributed by atoms with Gasteiger partial charge < -0.3 is 5.73 Å². The van der Waals surface area contributed by atoms with Crippen molar-refractivity contribution in [2.75, 3.05) is 5.73 Å². The Morgan fingerprint density at radius 3 is 2.61 bits per heavy atom. The van der Waals surface area contributed by atoms with Gasteiger partial charge in [0.1, 0.15) is 5.82 Å². The molecule has 18 heavy (non-hydrogen) atoms. The van der Waals surface area contributed by atoms with Crippen molar-refractivity contribution in [2.24, 2.45) is 0 Å². The molecule has 0 bridgehead atoms. The lowest BCUT2D eigenvalue weighted by molar-refractivity contribution is 0.620. The quantitative estimate of drug-likeness (QED) is 0.878. The van der Waals surface area contributed by atoms with Gasteiger partial charge in [-0.05, 0) is 18.2 Å². The maximum Gasteiger partial charge on any atom is 0.150 e. The van der Waals surface area contributed by atoms with Crippen LogP contribution >= 0.6 is 11.6 Å². The summed E-state index contributed by atoms with van der Waals surface area (Å²) in [6.45, 7) is 0. The maximum atomic E-state index is 13.7. The zero-order chi connectivity index (χ0) is 13.1. The molecule has 0 heterocycles. The minimum Gasteiger partial charge on any atom is -0.396 e. The molecule has 0 fully saturated rings. The fourth-order valence-electron chi connectivity index (χ4n) is 1.56. The van der Waals surface area contributed by atoms with Crippen molar-refractivity contribution < 1.29 is 8.60 Å². The summed E-state index contributed by atoms with van der Waals surface area (Å²) in [6, 6.07) is 11.5. The first-order chi connectivity index (χ1) is 8.59. The summed E-state index contributed by atoms with van der Waals surface area (Å²) in [6.07, 6.45) is 0. The predicted octanol–water partition coefficient (Wildman–Crippen LogP) is 3.37. The predicted molar refractivity (Wildman–Crippen MR) is 72.4 cm³/mol. The molecular formula is C13H11ClFNOS. The average molecular weight is 284 g/mol. The first-order valence-corrected chi connectivity index (χ1v) is 6.95. The maximum absolute atomic E-state index is 13.7. The van der Waals surface area contributed by atoms with Gasteiger partial charge in [-0.1, -0.05) is 35.9 Å². The van der Waals surface area contributed by atoms with E-state index in [1.54, 1.807) is 36.4 Å². The van der Waals surface area contributed by atoms with E-state index in [2.05, 4.69) is 0 Å². The Bertz CT molecular complexity index is 603. The van der Waals surface area contributed by atoms with Crippen LogP contribution in [0.25, 0.3) is 0 Å². The molecule has 0 amide bonds. The van der Waals surface area contributed by atoms with Crippen molar-refractivity contribution in [1.29, 1.82) is 0 Å². The molecular weight excluding hydrogens is 273 g/mol. The molecule has 2 nitrogen and oxygen atoms in total. The molecule has 0 aromatic heterocycles. The molecule has 0 aliphatic heterocycles. The molecule has 1 unspecified atom stereocenters. The molecule has 2 rings (SSSR count). The monoisotopic (exact) mass is 283 g/mol. The van der Waals surface area contributed by atoms with Gasteiger partial charge in [0.05, 0.1) is 32.2 Å². The first-order valence-electron chi connectivity index (χ1n) is 5.25.